The summed E-state index contributed by atoms with van der Waals surface area (Å²) in [5.41, 5.74) is 5.63. The summed E-state index contributed by atoms with van der Waals surface area (Å²) in [6.07, 6.45) is 1.28. The van der Waals surface area contributed by atoms with Crippen LogP contribution in [0.4, 0.5) is 11.6 Å². The van der Waals surface area contributed by atoms with Gasteiger partial charge in [0.2, 0.25) is 0 Å². The van der Waals surface area contributed by atoms with Crippen LogP contribution in [0, 0.1) is 5.92 Å². The summed E-state index contributed by atoms with van der Waals surface area (Å²) in [4.78, 5) is 6.71. The molecule has 88 valence electrons. The summed E-state index contributed by atoms with van der Waals surface area (Å²) in [5, 5.41) is 3.35. The minimum absolute atomic E-state index is 0.576. The molecule has 2 heterocycles. The first-order valence-electron chi connectivity index (χ1n) is 5.96. The molecule has 1 saturated heterocycles. The number of nitrogens with two attached hydrogens (primary N) is 1. The van der Waals surface area contributed by atoms with E-state index in [0.717, 1.165) is 24.8 Å². The molecular weight excluding hydrogens is 200 g/mol. The minimum atomic E-state index is 0.576. The van der Waals surface area contributed by atoms with E-state index in [1.807, 2.05) is 12.1 Å². The summed E-state index contributed by atoms with van der Waals surface area (Å²) in [6, 6.07) is 5.69. The van der Waals surface area contributed by atoms with Gasteiger partial charge in [-0.15, -0.1) is 0 Å². The Morgan fingerprint density at radius 2 is 2.44 bits per heavy atom. The molecule has 1 aliphatic rings. The van der Waals surface area contributed by atoms with E-state index < -0.39 is 0 Å². The van der Waals surface area contributed by atoms with Crippen LogP contribution in [0.25, 0.3) is 0 Å². The lowest BCUT2D eigenvalue weighted by Crippen LogP contribution is -2.22. The van der Waals surface area contributed by atoms with Crippen molar-refractivity contribution in [1.82, 2.24) is 9.88 Å². The molecule has 0 spiro atoms. The molecule has 0 bridgehead atoms. The molecule has 3 N–H and O–H groups in total. The average Bonchev–Trinajstić information content (AvgIpc) is 2.74. The van der Waals surface area contributed by atoms with Gasteiger partial charge in [-0.05, 0) is 37.6 Å². The van der Waals surface area contributed by atoms with Crippen molar-refractivity contribution in [2.45, 2.75) is 13.3 Å². The number of nitrogens with one attached hydrogen (secondary N) is 1. The predicted molar refractivity (Wildman–Crippen MR) is 67.4 cm³/mol. The highest BCUT2D eigenvalue weighted by atomic mass is 15.1. The van der Waals surface area contributed by atoms with E-state index in [2.05, 4.69) is 22.1 Å². The van der Waals surface area contributed by atoms with Crippen LogP contribution in [0.2, 0.25) is 0 Å². The van der Waals surface area contributed by atoms with Crippen LogP contribution in [0.1, 0.15) is 13.3 Å². The highest BCUT2D eigenvalue weighted by Gasteiger charge is 2.20. The van der Waals surface area contributed by atoms with Crippen LogP contribution in [0.5, 0.6) is 0 Å². The van der Waals surface area contributed by atoms with Crippen molar-refractivity contribution in [3.05, 3.63) is 18.2 Å². The number of pyridine rings is 1. The number of hydrogen-bond donors (Lipinski definition) is 2. The highest BCUT2D eigenvalue weighted by Crippen LogP contribution is 2.16. The average molecular weight is 220 g/mol. The smallest absolute Gasteiger partial charge is 0.128 e. The molecule has 0 radical (unpaired) electrons. The van der Waals surface area contributed by atoms with E-state index in [1.54, 1.807) is 6.07 Å². The zero-order chi connectivity index (χ0) is 11.4. The van der Waals surface area contributed by atoms with E-state index in [-0.39, 0.29) is 0 Å². The predicted octanol–water partition coefficient (Wildman–Crippen LogP) is 1.42. The van der Waals surface area contributed by atoms with Gasteiger partial charge >= 0.3 is 0 Å². The topological polar surface area (TPSA) is 54.2 Å². The van der Waals surface area contributed by atoms with Crippen molar-refractivity contribution < 1.29 is 0 Å². The van der Waals surface area contributed by atoms with Gasteiger partial charge in [-0.3, -0.25) is 0 Å². The van der Waals surface area contributed by atoms with Gasteiger partial charge in [0.1, 0.15) is 11.6 Å². The van der Waals surface area contributed by atoms with Gasteiger partial charge < -0.3 is 16.0 Å². The standard InChI is InChI=1S/C12H20N4/c1-2-16-7-6-10(9-16)8-14-12-5-3-4-11(13)15-12/h3-5,10H,2,6-9H2,1H3,(H3,13,14,15). The second kappa shape index (κ2) is 5.16. The maximum absolute atomic E-state index is 5.63. The van der Waals surface area contributed by atoms with E-state index in [0.29, 0.717) is 5.82 Å². The molecule has 1 aromatic rings. The molecule has 0 aliphatic carbocycles. The Bertz CT molecular complexity index is 340. The van der Waals surface area contributed by atoms with Crippen molar-refractivity contribution in [2.24, 2.45) is 5.92 Å². The fourth-order valence-electron chi connectivity index (χ4n) is 2.17. The fourth-order valence-corrected chi connectivity index (χ4v) is 2.17. The van der Waals surface area contributed by atoms with Crippen LogP contribution >= 0.6 is 0 Å². The molecule has 2 rings (SSSR count). The van der Waals surface area contributed by atoms with Crippen molar-refractivity contribution >= 4 is 11.6 Å². The Balaban J connectivity index is 1.80. The van der Waals surface area contributed by atoms with Crippen LogP contribution < -0.4 is 11.1 Å². The molecule has 0 saturated carbocycles. The summed E-state index contributed by atoms with van der Waals surface area (Å²) in [6.45, 7) is 6.80. The first-order valence-corrected chi connectivity index (χ1v) is 5.96. The largest absolute Gasteiger partial charge is 0.384 e. The van der Waals surface area contributed by atoms with Crippen molar-refractivity contribution in [1.29, 1.82) is 0 Å². The number of likely N-dealkylation sites (tertiary alicyclic amines) is 1. The van der Waals surface area contributed by atoms with Gasteiger partial charge in [0, 0.05) is 13.1 Å². The number of hydrogen-bond acceptors (Lipinski definition) is 4. The molecule has 4 heteroatoms. The molecule has 1 fully saturated rings. The molecule has 16 heavy (non-hydrogen) atoms. The van der Waals surface area contributed by atoms with Crippen molar-refractivity contribution in [2.75, 3.05) is 37.2 Å². The summed E-state index contributed by atoms with van der Waals surface area (Å²) < 4.78 is 0. The summed E-state index contributed by atoms with van der Waals surface area (Å²) in [7, 11) is 0. The van der Waals surface area contributed by atoms with Crippen LogP contribution in [-0.4, -0.2) is 36.1 Å². The number of anilines is 2. The highest BCUT2D eigenvalue weighted by molar-refractivity contribution is 5.42. The van der Waals surface area contributed by atoms with Gasteiger partial charge in [0.05, 0.1) is 0 Å². The Labute approximate surface area is 96.8 Å². The second-order valence-electron chi connectivity index (χ2n) is 4.38. The Morgan fingerprint density at radius 3 is 3.12 bits per heavy atom. The van der Waals surface area contributed by atoms with Crippen LogP contribution in [0.15, 0.2) is 18.2 Å². The molecule has 1 aliphatic heterocycles. The third kappa shape index (κ3) is 2.85. The first kappa shape index (κ1) is 11.2. The fraction of sp³-hybridized carbons (Fsp3) is 0.583. The zero-order valence-electron chi connectivity index (χ0n) is 9.82. The van der Waals surface area contributed by atoms with Crippen LogP contribution in [-0.2, 0) is 0 Å². The monoisotopic (exact) mass is 220 g/mol. The van der Waals surface area contributed by atoms with Gasteiger partial charge in [0.25, 0.3) is 0 Å². The lowest BCUT2D eigenvalue weighted by atomic mass is 10.1. The molecule has 1 aromatic heterocycles. The minimum Gasteiger partial charge on any atom is -0.384 e. The van der Waals surface area contributed by atoms with Crippen molar-refractivity contribution in [3.8, 4) is 0 Å². The van der Waals surface area contributed by atoms with E-state index in [9.17, 15) is 0 Å². The zero-order valence-corrected chi connectivity index (χ0v) is 9.82. The van der Waals surface area contributed by atoms with E-state index in [1.165, 1.54) is 19.5 Å². The first-order chi connectivity index (χ1) is 7.78. The molecule has 0 aromatic carbocycles. The van der Waals surface area contributed by atoms with Gasteiger partial charge in [0.15, 0.2) is 0 Å². The lowest BCUT2D eigenvalue weighted by Gasteiger charge is -2.14. The normalized spacial score (nSPS) is 21.2. The van der Waals surface area contributed by atoms with E-state index >= 15 is 0 Å². The quantitative estimate of drug-likeness (QED) is 0.805. The Kier molecular flexibility index (Phi) is 3.62. The number of nitrogen functional groups attached to an aromatic ring is 1. The lowest BCUT2D eigenvalue weighted by molar-refractivity contribution is 0.345. The maximum atomic E-state index is 5.63. The molecular formula is C12H20N4. The van der Waals surface area contributed by atoms with Gasteiger partial charge in [-0.1, -0.05) is 13.0 Å². The van der Waals surface area contributed by atoms with E-state index in [4.69, 9.17) is 5.73 Å². The molecule has 0 amide bonds. The Morgan fingerprint density at radius 1 is 1.56 bits per heavy atom. The van der Waals surface area contributed by atoms with Crippen molar-refractivity contribution in [3.63, 3.8) is 0 Å². The number of nitrogens with zero attached hydrogens (tertiary/aromatic N) is 2. The van der Waals surface area contributed by atoms with Crippen LogP contribution in [0.3, 0.4) is 0 Å². The SMILES string of the molecule is CCN1CCC(CNc2cccc(N)n2)C1. The number of rotatable bonds is 4. The summed E-state index contributed by atoms with van der Waals surface area (Å²) >= 11 is 0. The van der Waals surface area contributed by atoms with Gasteiger partial charge in [-0.2, -0.15) is 0 Å². The van der Waals surface area contributed by atoms with Gasteiger partial charge in [-0.25, -0.2) is 4.98 Å². The third-order valence-corrected chi connectivity index (χ3v) is 3.16. The molecule has 1 unspecified atom stereocenters. The Hall–Kier alpha value is -1.29. The maximum Gasteiger partial charge on any atom is 0.128 e. The third-order valence-electron chi connectivity index (χ3n) is 3.16. The number of aromatic nitrogens is 1. The summed E-state index contributed by atoms with van der Waals surface area (Å²) in [5.74, 6) is 2.20. The second-order valence-corrected chi connectivity index (χ2v) is 4.38. The molecule has 4 nitrogen and oxygen atoms in total. The molecule has 1 atom stereocenters.